The molecule has 10 heteroatoms. The maximum Gasteiger partial charge on any atom is 0.329 e. The third kappa shape index (κ3) is 5.66. The molecule has 0 saturated heterocycles. The van der Waals surface area contributed by atoms with Crippen LogP contribution in [0.4, 0.5) is 0 Å². The number of carbonyl (C=O) groups excluding carboxylic acids is 2. The van der Waals surface area contributed by atoms with Crippen LogP contribution in [0.1, 0.15) is 85.7 Å². The van der Waals surface area contributed by atoms with E-state index in [1.807, 2.05) is 39.0 Å². The number of rotatable bonds is 9. The largest absolute Gasteiger partial charge is 0.496 e. The monoisotopic (exact) mass is 616 g/mol. The number of nitrogens with one attached hydrogen (secondary N) is 2. The lowest BCUT2D eigenvalue weighted by Crippen LogP contribution is -2.66. The van der Waals surface area contributed by atoms with Gasteiger partial charge in [0, 0.05) is 12.6 Å². The van der Waals surface area contributed by atoms with E-state index in [9.17, 15) is 19.5 Å². The maximum atomic E-state index is 14.2. The highest BCUT2D eigenvalue weighted by atomic mass is 16.5. The molecule has 3 aromatic rings. The molecule has 45 heavy (non-hydrogen) atoms. The first-order valence-corrected chi connectivity index (χ1v) is 15.7. The van der Waals surface area contributed by atoms with Crippen LogP contribution in [0.3, 0.4) is 0 Å². The van der Waals surface area contributed by atoms with Gasteiger partial charge < -0.3 is 25.2 Å². The van der Waals surface area contributed by atoms with Crippen LogP contribution in [-0.2, 0) is 4.79 Å². The fourth-order valence-electron chi connectivity index (χ4n) is 7.77. The summed E-state index contributed by atoms with van der Waals surface area (Å²) >= 11 is 0. The Labute approximate surface area is 264 Å². The van der Waals surface area contributed by atoms with E-state index in [1.165, 1.54) is 0 Å². The summed E-state index contributed by atoms with van der Waals surface area (Å²) in [7, 11) is 4.70. The van der Waals surface area contributed by atoms with Crippen LogP contribution in [0.2, 0.25) is 0 Å². The zero-order chi connectivity index (χ0) is 32.6. The molecule has 0 spiro atoms. The number of aliphatic carboxylic acids is 1. The summed E-state index contributed by atoms with van der Waals surface area (Å²) in [6.07, 6.45) is 3.38. The van der Waals surface area contributed by atoms with E-state index in [-0.39, 0.29) is 29.4 Å². The Morgan fingerprint density at radius 1 is 0.978 bits per heavy atom. The van der Waals surface area contributed by atoms with Gasteiger partial charge in [-0.05, 0) is 97.2 Å². The highest BCUT2D eigenvalue weighted by molar-refractivity contribution is 5.98. The summed E-state index contributed by atoms with van der Waals surface area (Å²) in [6, 6.07) is 12.4. The van der Waals surface area contributed by atoms with Gasteiger partial charge in [-0.15, -0.1) is 0 Å². The van der Waals surface area contributed by atoms with Gasteiger partial charge in [0.1, 0.15) is 17.0 Å². The highest BCUT2D eigenvalue weighted by Crippen LogP contribution is 2.50. The van der Waals surface area contributed by atoms with Crippen LogP contribution in [-0.4, -0.2) is 59.5 Å². The van der Waals surface area contributed by atoms with E-state index in [4.69, 9.17) is 14.6 Å². The fourth-order valence-corrected chi connectivity index (χ4v) is 7.77. The number of carboxylic acids is 1. The number of hydrogen-bond acceptors (Lipinski definition) is 6. The number of fused-ring (bicyclic) bond motifs is 2. The second-order valence-corrected chi connectivity index (χ2v) is 13.0. The molecule has 5 atom stereocenters. The predicted molar refractivity (Wildman–Crippen MR) is 171 cm³/mol. The minimum Gasteiger partial charge on any atom is -0.496 e. The predicted octanol–water partition coefficient (Wildman–Crippen LogP) is 5.68. The smallest absolute Gasteiger partial charge is 0.329 e. The van der Waals surface area contributed by atoms with Gasteiger partial charge >= 0.3 is 5.97 Å². The van der Waals surface area contributed by atoms with E-state index in [2.05, 4.69) is 17.6 Å². The Balaban J connectivity index is 1.68. The second-order valence-electron chi connectivity index (χ2n) is 13.0. The van der Waals surface area contributed by atoms with Gasteiger partial charge in [-0.25, -0.2) is 9.48 Å². The van der Waals surface area contributed by atoms with Gasteiger partial charge in [0.2, 0.25) is 0 Å². The molecule has 5 unspecified atom stereocenters. The number of carboxylic acid groups (broad SMARTS) is 1. The molecule has 1 heterocycles. The van der Waals surface area contributed by atoms with Crippen molar-refractivity contribution < 1.29 is 29.0 Å². The van der Waals surface area contributed by atoms with Crippen molar-refractivity contribution in [2.24, 2.45) is 23.7 Å². The fraction of sp³-hybridized carbons (Fsp3) is 0.486. The van der Waals surface area contributed by atoms with Crippen molar-refractivity contribution in [3.63, 3.8) is 0 Å². The first-order valence-electron chi connectivity index (χ1n) is 15.7. The molecular weight excluding hydrogens is 572 g/mol. The molecule has 1 aromatic heterocycles. The van der Waals surface area contributed by atoms with Crippen LogP contribution in [0.5, 0.6) is 11.5 Å². The standard InChI is InChI=1S/C35H44N4O6/c1-19(2)25-17-23(32(40)36-5)11-12-27(25)39-28(31-29(44-6)9-8-10-30(31)45-7)18-26(38-39)33(41)37-35(34(42)43)21(4)15-22-13-20(3)14-24(35)16-22/h8-12,17-22,24H,13-16H2,1-7H3,(H,36,40)(H,37,41)(H,42,43). The number of hydrogen-bond donors (Lipinski definition) is 3. The van der Waals surface area contributed by atoms with E-state index in [0.29, 0.717) is 45.8 Å². The number of nitrogens with zero attached hydrogens (tertiary/aromatic N) is 2. The van der Waals surface area contributed by atoms with E-state index in [1.54, 1.807) is 50.2 Å². The summed E-state index contributed by atoms with van der Waals surface area (Å²) in [6.45, 7) is 8.15. The van der Waals surface area contributed by atoms with Gasteiger partial charge in [0.15, 0.2) is 5.69 Å². The molecule has 240 valence electrons. The third-order valence-electron chi connectivity index (χ3n) is 9.82. The third-order valence-corrected chi connectivity index (χ3v) is 9.82. The molecule has 5 rings (SSSR count). The molecular formula is C35H44N4O6. The van der Waals surface area contributed by atoms with Crippen molar-refractivity contribution in [1.29, 1.82) is 0 Å². The molecule has 2 aromatic carbocycles. The summed E-state index contributed by atoms with van der Waals surface area (Å²) < 4.78 is 13.1. The molecule has 2 fully saturated rings. The number of methoxy groups -OCH3 is 2. The lowest BCUT2D eigenvalue weighted by atomic mass is 9.56. The van der Waals surface area contributed by atoms with Crippen LogP contribution in [0.25, 0.3) is 16.9 Å². The Morgan fingerprint density at radius 3 is 2.27 bits per heavy atom. The van der Waals surface area contributed by atoms with E-state index >= 15 is 0 Å². The van der Waals surface area contributed by atoms with Crippen molar-refractivity contribution in [3.8, 4) is 28.4 Å². The lowest BCUT2D eigenvalue weighted by molar-refractivity contribution is -0.155. The first-order chi connectivity index (χ1) is 21.4. The maximum absolute atomic E-state index is 14.2. The van der Waals surface area contributed by atoms with Gasteiger partial charge in [-0.3, -0.25) is 9.59 Å². The molecule has 3 N–H and O–H groups in total. The van der Waals surface area contributed by atoms with Crippen molar-refractivity contribution in [3.05, 3.63) is 59.3 Å². The zero-order valence-corrected chi connectivity index (χ0v) is 27.1. The SMILES string of the molecule is CNC(=O)c1ccc(-n2nc(C(=O)NC3(C(=O)O)C(C)CC4CC(C)CC3C4)cc2-c2c(OC)cccc2OC)c(C(C)C)c1. The quantitative estimate of drug-likeness (QED) is 0.282. The average Bonchev–Trinajstić information content (AvgIpc) is 3.46. The number of ether oxygens (including phenoxy) is 2. The Bertz CT molecular complexity index is 1590. The molecule has 0 radical (unpaired) electrons. The Kier molecular flexibility index (Phi) is 8.96. The number of carbonyl (C=O) groups is 3. The van der Waals surface area contributed by atoms with Crippen molar-refractivity contribution in [1.82, 2.24) is 20.4 Å². The highest BCUT2D eigenvalue weighted by Gasteiger charge is 2.56. The van der Waals surface area contributed by atoms with Crippen molar-refractivity contribution in [2.45, 2.75) is 64.8 Å². The zero-order valence-electron chi connectivity index (χ0n) is 27.1. The van der Waals surface area contributed by atoms with Gasteiger partial charge in [-0.1, -0.05) is 33.8 Å². The summed E-state index contributed by atoms with van der Waals surface area (Å²) in [4.78, 5) is 39.8. The van der Waals surface area contributed by atoms with Crippen LogP contribution < -0.4 is 20.1 Å². The van der Waals surface area contributed by atoms with Crippen molar-refractivity contribution >= 4 is 17.8 Å². The van der Waals surface area contributed by atoms with E-state index in [0.717, 1.165) is 31.2 Å². The van der Waals surface area contributed by atoms with Crippen LogP contribution in [0, 0.1) is 23.7 Å². The Morgan fingerprint density at radius 2 is 1.67 bits per heavy atom. The number of aromatic nitrogens is 2. The molecule has 2 amide bonds. The van der Waals surface area contributed by atoms with Gasteiger partial charge in [-0.2, -0.15) is 5.10 Å². The summed E-state index contributed by atoms with van der Waals surface area (Å²) in [5, 5.41) is 21.2. The number of amides is 2. The molecule has 2 aliphatic rings. The van der Waals surface area contributed by atoms with E-state index < -0.39 is 17.4 Å². The van der Waals surface area contributed by atoms with Crippen molar-refractivity contribution in [2.75, 3.05) is 21.3 Å². The minimum atomic E-state index is -1.40. The summed E-state index contributed by atoms with van der Waals surface area (Å²) in [5.74, 6) is -0.285. The molecule has 2 bridgehead atoms. The van der Waals surface area contributed by atoms with Gasteiger partial charge in [0.05, 0.1) is 31.2 Å². The Hall–Kier alpha value is -4.34. The molecule has 2 saturated carbocycles. The molecule has 0 aliphatic heterocycles. The number of benzene rings is 2. The molecule has 10 nitrogen and oxygen atoms in total. The second kappa shape index (κ2) is 12.6. The average molecular weight is 617 g/mol. The topological polar surface area (TPSA) is 132 Å². The van der Waals surface area contributed by atoms with Gasteiger partial charge in [0.25, 0.3) is 11.8 Å². The van der Waals surface area contributed by atoms with Crippen LogP contribution in [0.15, 0.2) is 42.5 Å². The minimum absolute atomic E-state index is 0.00176. The lowest BCUT2D eigenvalue weighted by Gasteiger charge is -2.52. The summed E-state index contributed by atoms with van der Waals surface area (Å²) in [5.41, 5.74) is 1.79. The molecule has 2 aliphatic carbocycles. The first kappa shape index (κ1) is 32.1. The normalized spacial score (nSPS) is 24.2. The van der Waals surface area contributed by atoms with Crippen LogP contribution >= 0.6 is 0 Å².